The number of anilines is 3. The van der Waals surface area contributed by atoms with Crippen LogP contribution in [0.3, 0.4) is 0 Å². The van der Waals surface area contributed by atoms with Gasteiger partial charge >= 0.3 is 0 Å². The lowest BCUT2D eigenvalue weighted by Crippen LogP contribution is -2.10. The van der Waals surface area contributed by atoms with Crippen molar-refractivity contribution in [3.63, 3.8) is 0 Å². The Bertz CT molecular complexity index is 8010. The van der Waals surface area contributed by atoms with Gasteiger partial charge < -0.3 is 4.90 Å². The van der Waals surface area contributed by atoms with E-state index in [0.29, 0.717) is 23.3 Å². The van der Waals surface area contributed by atoms with E-state index in [-0.39, 0.29) is 0 Å². The molecule has 25 rings (SSSR count). The fourth-order valence-electron chi connectivity index (χ4n) is 17.6. The highest BCUT2D eigenvalue weighted by Gasteiger charge is 2.21. The number of fused-ring (bicyclic) bond motifs is 15. The van der Waals surface area contributed by atoms with E-state index in [2.05, 4.69) is 345 Å². The molecule has 0 unspecified atom stereocenters. The molecule has 12 heteroatoms. The summed E-state index contributed by atoms with van der Waals surface area (Å²) in [5.74, 6) is 2.66. The van der Waals surface area contributed by atoms with E-state index in [1.54, 1.807) is 22.7 Å². The van der Waals surface area contributed by atoms with Gasteiger partial charge in [0.25, 0.3) is 0 Å². The highest BCUT2D eigenvalue weighted by atomic mass is 32.1. The molecule has 17 aromatic carbocycles. The van der Waals surface area contributed by atoms with Gasteiger partial charge in [-0.3, -0.25) is 15.0 Å². The Morgan fingerprint density at radius 1 is 0.162 bits per heavy atom. The monoisotopic (exact) mass is 1710 g/mol. The average Bonchev–Trinajstić information content (AvgIpc) is 1.59. The van der Waals surface area contributed by atoms with Crippen molar-refractivity contribution in [2.45, 2.75) is 0 Å². The minimum atomic E-state index is 0.643. The van der Waals surface area contributed by atoms with E-state index >= 15 is 0 Å². The Morgan fingerprint density at radius 2 is 0.431 bits per heavy atom. The molecule has 0 saturated carbocycles. The van der Waals surface area contributed by atoms with E-state index in [9.17, 15) is 0 Å². The molecule has 0 aliphatic heterocycles. The van der Waals surface area contributed by atoms with E-state index in [0.717, 1.165) is 112 Å². The minimum absolute atomic E-state index is 0.643. The maximum absolute atomic E-state index is 5.02. The molecule has 9 nitrogen and oxygen atoms in total. The van der Waals surface area contributed by atoms with E-state index in [1.807, 2.05) is 127 Å². The normalized spacial score (nSPS) is 11.4. The maximum atomic E-state index is 5.02. The molecule has 0 atom stereocenters. The van der Waals surface area contributed by atoms with E-state index in [1.165, 1.54) is 98.9 Å². The van der Waals surface area contributed by atoms with Gasteiger partial charge in [-0.2, -0.15) is 0 Å². The number of thiophene rings is 3. The summed E-state index contributed by atoms with van der Waals surface area (Å²) in [5, 5.41) is 11.3. The van der Waals surface area contributed by atoms with Crippen LogP contribution >= 0.6 is 34.0 Å². The summed E-state index contributed by atoms with van der Waals surface area (Å²) < 4.78 is 7.54. The zero-order chi connectivity index (χ0) is 86.2. The van der Waals surface area contributed by atoms with Crippen LogP contribution in [0.4, 0.5) is 17.1 Å². The predicted octanol–water partition coefficient (Wildman–Crippen LogP) is 32.6. The Morgan fingerprint density at radius 3 is 0.800 bits per heavy atom. The molecule has 610 valence electrons. The van der Waals surface area contributed by atoms with Crippen LogP contribution in [0.2, 0.25) is 0 Å². The second kappa shape index (κ2) is 34.5. The quantitative estimate of drug-likeness (QED) is 0.105. The highest BCUT2D eigenvalue weighted by Crippen LogP contribution is 2.45. The van der Waals surface area contributed by atoms with Crippen molar-refractivity contribution in [2.75, 3.05) is 4.90 Å². The third-order valence-corrected chi connectivity index (χ3v) is 27.3. The zero-order valence-electron chi connectivity index (χ0n) is 70.1. The van der Waals surface area contributed by atoms with Crippen LogP contribution in [0.5, 0.6) is 0 Å². The zero-order valence-corrected chi connectivity index (χ0v) is 72.5. The van der Waals surface area contributed by atoms with Gasteiger partial charge in [0, 0.05) is 132 Å². The first-order valence-electron chi connectivity index (χ1n) is 43.3. The van der Waals surface area contributed by atoms with E-state index in [4.69, 9.17) is 39.9 Å². The van der Waals surface area contributed by atoms with Crippen molar-refractivity contribution < 1.29 is 0 Å². The lowest BCUT2D eigenvalue weighted by molar-refractivity contribution is 1.07. The molecule has 0 amide bonds. The molecule has 0 radical (unpaired) electrons. The van der Waals surface area contributed by atoms with Crippen molar-refractivity contribution in [1.82, 2.24) is 39.9 Å². The van der Waals surface area contributed by atoms with Gasteiger partial charge in [0.1, 0.15) is 0 Å². The Hall–Kier alpha value is -16.5. The molecule has 0 N–H and O–H groups in total. The van der Waals surface area contributed by atoms with E-state index < -0.39 is 0 Å². The van der Waals surface area contributed by atoms with Crippen LogP contribution in [0.25, 0.3) is 217 Å². The van der Waals surface area contributed by atoms with Gasteiger partial charge in [-0.1, -0.05) is 346 Å². The predicted molar refractivity (Wildman–Crippen MR) is 547 cm³/mol. The number of pyridine rings is 3. The second-order valence-corrected chi connectivity index (χ2v) is 35.3. The summed E-state index contributed by atoms with van der Waals surface area (Å²) >= 11 is 5.40. The van der Waals surface area contributed by atoms with Crippen LogP contribution in [-0.4, -0.2) is 39.9 Å². The molecule has 0 spiro atoms. The van der Waals surface area contributed by atoms with Gasteiger partial charge in [-0.25, -0.2) is 24.9 Å². The Kier molecular flexibility index (Phi) is 20.7. The van der Waals surface area contributed by atoms with Crippen LogP contribution in [0, 0.1) is 0 Å². The third kappa shape index (κ3) is 15.5. The van der Waals surface area contributed by atoms with Crippen molar-refractivity contribution >= 4 is 144 Å². The molecule has 0 bridgehead atoms. The molecule has 8 aromatic heterocycles. The fraction of sp³-hybridized carbons (Fsp3) is 0. The van der Waals surface area contributed by atoms with Crippen LogP contribution in [0.15, 0.2) is 455 Å². The van der Waals surface area contributed by atoms with Gasteiger partial charge in [0.2, 0.25) is 0 Å². The number of nitrogens with zero attached hydrogens (tertiary/aromatic N) is 9. The summed E-state index contributed by atoms with van der Waals surface area (Å²) in [6, 6.07) is 153. The molecular formula is C118H75N9S3. The number of aromatic nitrogens is 8. The van der Waals surface area contributed by atoms with Crippen molar-refractivity contribution in [1.29, 1.82) is 0 Å². The van der Waals surface area contributed by atoms with Crippen LogP contribution in [0.1, 0.15) is 0 Å². The molecule has 8 heterocycles. The first kappa shape index (κ1) is 78.3. The fourth-order valence-corrected chi connectivity index (χ4v) is 20.9. The molecule has 0 saturated heterocycles. The largest absolute Gasteiger partial charge is 0.310 e. The summed E-state index contributed by atoms with van der Waals surface area (Å²) in [5.41, 5.74) is 25.6. The topological polar surface area (TPSA) is 106 Å². The van der Waals surface area contributed by atoms with Gasteiger partial charge in [-0.05, 0) is 147 Å². The van der Waals surface area contributed by atoms with Crippen molar-refractivity contribution in [2.24, 2.45) is 0 Å². The van der Waals surface area contributed by atoms with Crippen molar-refractivity contribution in [3.05, 3.63) is 455 Å². The summed E-state index contributed by atoms with van der Waals surface area (Å²) in [6.45, 7) is 0. The number of hydrogen-bond acceptors (Lipinski definition) is 12. The maximum Gasteiger partial charge on any atom is 0.164 e. The molecule has 130 heavy (non-hydrogen) atoms. The lowest BCUT2D eigenvalue weighted by Gasteiger charge is -2.26. The molecule has 0 aliphatic rings. The smallest absolute Gasteiger partial charge is 0.164 e. The van der Waals surface area contributed by atoms with Gasteiger partial charge in [-0.15, -0.1) is 34.0 Å². The van der Waals surface area contributed by atoms with Crippen molar-refractivity contribution in [3.8, 4) is 124 Å². The summed E-state index contributed by atoms with van der Waals surface area (Å²) in [6.07, 6.45) is 6.04. The third-order valence-electron chi connectivity index (χ3n) is 24.0. The van der Waals surface area contributed by atoms with Gasteiger partial charge in [0.05, 0.1) is 42.0 Å². The van der Waals surface area contributed by atoms with Gasteiger partial charge in [0.15, 0.2) is 23.3 Å². The SMILES string of the molecule is c1ccc(-c2cc(-c3ccccc3)nc(-c3cccc(-c4ccc5c(c4)ncc4sc6ccccc6c45)c3)n2)cc1.c1ccc(-c2ccc(N(c3ccc(-c4ccccc4)cc3)c3cccc(-c4ccc5c(c4)ncc4sc6ccccc6c45)c3)cc2)cc1.c1ccc(-c2nc(-c3ccccc3)nc(-c3cccc(-c4ccc5c(c4)ncc4sc6ccccc6c45)c3)n2)cc1. The molecule has 25 aromatic rings. The number of rotatable bonds is 14. The summed E-state index contributed by atoms with van der Waals surface area (Å²) in [7, 11) is 0. The minimum Gasteiger partial charge on any atom is -0.310 e. The summed E-state index contributed by atoms with van der Waals surface area (Å²) in [4.78, 5) is 41.6. The number of benzene rings is 17. The Balaban J connectivity index is 0.000000112. The highest BCUT2D eigenvalue weighted by molar-refractivity contribution is 7.26. The first-order chi connectivity index (χ1) is 64.4. The van der Waals surface area contributed by atoms with Crippen LogP contribution < -0.4 is 4.90 Å². The second-order valence-electron chi connectivity index (χ2n) is 32.1. The molecular weight excluding hydrogens is 1640 g/mol. The number of hydrogen-bond donors (Lipinski definition) is 0. The average molecular weight is 1720 g/mol. The molecule has 0 aliphatic carbocycles. The molecule has 0 fully saturated rings. The Labute approximate surface area is 762 Å². The standard InChI is InChI=1S/C45H30N2S.C37H23N3S.C36H22N4S/c1-3-10-31(11-4-1)33-18-23-37(24-19-33)47(38-25-20-34(21-26-38)32-12-5-2-6-13-32)39-15-9-14-35(28-39)36-22-27-40-42(29-36)46-30-44-45(40)41-16-7-8-17-43(41)48-44;1-3-10-24(11-4-1)31-22-32(25-12-5-2-6-13-25)40-37(39-31)28-15-9-14-26(20-28)27-18-19-29-33(21-27)38-23-35-36(29)30-16-7-8-17-34(30)41-35;1-3-10-23(11-4-1)34-38-35(24-12-5-2-6-13-24)40-36(39-34)27-15-9-14-25(20-27)26-18-19-28-30(21-26)37-22-32-33(28)29-16-7-8-17-31(29)41-32/h1-30H;1-23H;1-22H. The lowest BCUT2D eigenvalue weighted by atomic mass is 9.99. The first-order valence-corrected chi connectivity index (χ1v) is 45.7. The van der Waals surface area contributed by atoms with Crippen LogP contribution in [-0.2, 0) is 0 Å².